The first kappa shape index (κ1) is 16.0. The topological polar surface area (TPSA) is 75.5 Å². The van der Waals surface area contributed by atoms with Crippen molar-refractivity contribution in [1.29, 1.82) is 0 Å². The lowest BCUT2D eigenvalue weighted by molar-refractivity contribution is -0.385. The second-order valence-corrected chi connectivity index (χ2v) is 6.03. The molecule has 2 amide bonds. The minimum absolute atomic E-state index is 0.0522. The molecule has 0 radical (unpaired) electrons. The number of carbonyl (C=O) groups excluding carboxylic acids is 1. The fourth-order valence-electron chi connectivity index (χ4n) is 2.67. The van der Waals surface area contributed by atoms with E-state index < -0.39 is 4.92 Å². The number of anilines is 1. The van der Waals surface area contributed by atoms with E-state index in [1.165, 1.54) is 6.07 Å². The van der Waals surface area contributed by atoms with Crippen molar-refractivity contribution in [2.24, 2.45) is 0 Å². The highest BCUT2D eigenvalue weighted by Crippen LogP contribution is 2.29. The minimum atomic E-state index is -0.424. The van der Waals surface area contributed by atoms with Crippen LogP contribution in [-0.4, -0.2) is 21.9 Å². The number of nitro groups is 1. The average molecular weight is 325 g/mol. The van der Waals surface area contributed by atoms with Crippen LogP contribution in [0.2, 0.25) is 0 Å². The van der Waals surface area contributed by atoms with Gasteiger partial charge in [0.15, 0.2) is 0 Å². The van der Waals surface area contributed by atoms with Crippen LogP contribution in [0.4, 0.5) is 16.2 Å². The predicted molar refractivity (Wildman–Crippen MR) is 91.9 cm³/mol. The molecule has 0 spiro atoms. The number of urea groups is 1. The number of hydrogen-bond acceptors (Lipinski definition) is 3. The summed E-state index contributed by atoms with van der Waals surface area (Å²) in [5, 5.41) is 13.7. The van der Waals surface area contributed by atoms with Crippen LogP contribution in [-0.2, 0) is 6.54 Å². The molecule has 6 nitrogen and oxygen atoms in total. The highest BCUT2D eigenvalue weighted by atomic mass is 16.6. The van der Waals surface area contributed by atoms with E-state index in [0.29, 0.717) is 17.8 Å². The summed E-state index contributed by atoms with van der Waals surface area (Å²) in [6.45, 7) is 2.22. The van der Waals surface area contributed by atoms with Gasteiger partial charge in [0.2, 0.25) is 0 Å². The van der Waals surface area contributed by atoms with Crippen LogP contribution in [0.5, 0.6) is 0 Å². The molecule has 3 rings (SSSR count). The van der Waals surface area contributed by atoms with Crippen molar-refractivity contribution in [3.05, 3.63) is 69.8 Å². The molecule has 6 heteroatoms. The Hall–Kier alpha value is -2.89. The van der Waals surface area contributed by atoms with E-state index in [1.54, 1.807) is 19.1 Å². The van der Waals surface area contributed by atoms with Crippen LogP contribution < -0.4 is 5.32 Å². The Morgan fingerprint density at radius 1 is 1.25 bits per heavy atom. The normalized spacial score (nSPS) is 13.4. The predicted octanol–water partition coefficient (Wildman–Crippen LogP) is 4.10. The molecule has 1 fully saturated rings. The summed E-state index contributed by atoms with van der Waals surface area (Å²) in [4.78, 5) is 24.9. The molecular formula is C18H19N3O3. The van der Waals surface area contributed by atoms with Gasteiger partial charge in [-0.05, 0) is 37.5 Å². The molecule has 0 aromatic heterocycles. The van der Waals surface area contributed by atoms with E-state index in [-0.39, 0.29) is 17.8 Å². The van der Waals surface area contributed by atoms with E-state index in [1.807, 2.05) is 35.2 Å². The second-order valence-electron chi connectivity index (χ2n) is 6.03. The van der Waals surface area contributed by atoms with Crippen LogP contribution in [0.1, 0.15) is 24.0 Å². The van der Waals surface area contributed by atoms with E-state index in [2.05, 4.69) is 5.32 Å². The maximum atomic E-state index is 12.6. The highest BCUT2D eigenvalue weighted by molar-refractivity contribution is 5.90. The number of benzene rings is 2. The smallest absolute Gasteiger partial charge is 0.317 e. The van der Waals surface area contributed by atoms with Crippen LogP contribution >= 0.6 is 0 Å². The summed E-state index contributed by atoms with van der Waals surface area (Å²) in [6, 6.07) is 14.6. The number of nitro benzene ring substituents is 1. The molecule has 124 valence electrons. The largest absolute Gasteiger partial charge is 0.322 e. The van der Waals surface area contributed by atoms with Crippen LogP contribution in [0, 0.1) is 17.0 Å². The molecule has 2 aromatic rings. The van der Waals surface area contributed by atoms with Crippen molar-refractivity contribution in [3.63, 3.8) is 0 Å². The van der Waals surface area contributed by atoms with Crippen LogP contribution in [0.25, 0.3) is 0 Å². The van der Waals surface area contributed by atoms with Crippen molar-refractivity contribution in [2.75, 3.05) is 5.32 Å². The van der Waals surface area contributed by atoms with Gasteiger partial charge in [0.1, 0.15) is 0 Å². The monoisotopic (exact) mass is 325 g/mol. The van der Waals surface area contributed by atoms with Gasteiger partial charge < -0.3 is 10.2 Å². The summed E-state index contributed by atoms with van der Waals surface area (Å²) in [5.41, 5.74) is 2.23. The van der Waals surface area contributed by atoms with Crippen LogP contribution in [0.15, 0.2) is 48.5 Å². The molecule has 0 unspecified atom stereocenters. The van der Waals surface area contributed by atoms with Gasteiger partial charge in [-0.1, -0.05) is 30.3 Å². The molecule has 1 aliphatic rings. The van der Waals surface area contributed by atoms with Gasteiger partial charge in [-0.15, -0.1) is 0 Å². The molecule has 2 aromatic carbocycles. The Labute approximate surface area is 140 Å². The number of carbonyl (C=O) groups is 1. The Morgan fingerprint density at radius 2 is 1.96 bits per heavy atom. The molecule has 1 saturated carbocycles. The molecule has 0 aliphatic heterocycles. The summed E-state index contributed by atoms with van der Waals surface area (Å²) >= 11 is 0. The molecule has 0 heterocycles. The van der Waals surface area contributed by atoms with Gasteiger partial charge in [0.05, 0.1) is 4.92 Å². The number of hydrogen-bond donors (Lipinski definition) is 1. The van der Waals surface area contributed by atoms with Crippen LogP contribution in [0.3, 0.4) is 0 Å². The third-order valence-corrected chi connectivity index (χ3v) is 4.09. The zero-order chi connectivity index (χ0) is 17.1. The van der Waals surface area contributed by atoms with Gasteiger partial charge in [-0.2, -0.15) is 0 Å². The van der Waals surface area contributed by atoms with E-state index in [4.69, 9.17) is 0 Å². The maximum absolute atomic E-state index is 12.6. The van der Waals surface area contributed by atoms with Gasteiger partial charge >= 0.3 is 6.03 Å². The van der Waals surface area contributed by atoms with Gasteiger partial charge in [-0.25, -0.2) is 4.79 Å². The average Bonchev–Trinajstić information content (AvgIpc) is 3.38. The first-order valence-corrected chi connectivity index (χ1v) is 7.91. The lowest BCUT2D eigenvalue weighted by Gasteiger charge is -2.23. The van der Waals surface area contributed by atoms with Gasteiger partial charge in [-0.3, -0.25) is 10.1 Å². The number of nitrogens with one attached hydrogen (secondary N) is 1. The van der Waals surface area contributed by atoms with E-state index in [0.717, 1.165) is 18.4 Å². The van der Waals surface area contributed by atoms with Gasteiger partial charge in [0, 0.05) is 29.9 Å². The Morgan fingerprint density at radius 3 is 2.54 bits per heavy atom. The minimum Gasteiger partial charge on any atom is -0.317 e. The fraction of sp³-hybridized carbons (Fsp3) is 0.278. The number of rotatable bonds is 5. The Kier molecular flexibility index (Phi) is 4.46. The fourth-order valence-corrected chi connectivity index (χ4v) is 2.67. The molecule has 1 aliphatic carbocycles. The van der Waals surface area contributed by atoms with Crippen molar-refractivity contribution < 1.29 is 9.72 Å². The maximum Gasteiger partial charge on any atom is 0.322 e. The standard InChI is InChI=1S/C18H19N3O3/c1-13-11-15(7-10-17(13)21(23)24)19-18(22)20(16-8-9-16)12-14-5-3-2-4-6-14/h2-7,10-11,16H,8-9,12H2,1H3,(H,19,22). The molecule has 0 saturated heterocycles. The summed E-state index contributed by atoms with van der Waals surface area (Å²) in [7, 11) is 0. The Bertz CT molecular complexity index is 757. The zero-order valence-electron chi connectivity index (χ0n) is 13.4. The first-order chi connectivity index (χ1) is 11.5. The molecule has 0 bridgehead atoms. The van der Waals surface area contributed by atoms with Crippen molar-refractivity contribution in [1.82, 2.24) is 4.90 Å². The number of nitrogens with zero attached hydrogens (tertiary/aromatic N) is 2. The molecule has 24 heavy (non-hydrogen) atoms. The third kappa shape index (κ3) is 3.71. The second kappa shape index (κ2) is 6.70. The zero-order valence-corrected chi connectivity index (χ0v) is 13.4. The third-order valence-electron chi connectivity index (χ3n) is 4.09. The number of amides is 2. The van der Waals surface area contributed by atoms with Crippen molar-refractivity contribution in [3.8, 4) is 0 Å². The lowest BCUT2D eigenvalue weighted by Crippen LogP contribution is -2.36. The van der Waals surface area contributed by atoms with E-state index >= 15 is 0 Å². The lowest BCUT2D eigenvalue weighted by atomic mass is 10.2. The quantitative estimate of drug-likeness (QED) is 0.664. The first-order valence-electron chi connectivity index (χ1n) is 7.91. The van der Waals surface area contributed by atoms with Crippen molar-refractivity contribution in [2.45, 2.75) is 32.4 Å². The number of aryl methyl sites for hydroxylation is 1. The summed E-state index contributed by atoms with van der Waals surface area (Å²) in [5.74, 6) is 0. The van der Waals surface area contributed by atoms with E-state index in [9.17, 15) is 14.9 Å². The Balaban J connectivity index is 1.72. The van der Waals surface area contributed by atoms with Gasteiger partial charge in [0.25, 0.3) is 5.69 Å². The SMILES string of the molecule is Cc1cc(NC(=O)N(Cc2ccccc2)C2CC2)ccc1[N+](=O)[O-]. The molecule has 1 N–H and O–H groups in total. The molecular weight excluding hydrogens is 306 g/mol. The summed E-state index contributed by atoms with van der Waals surface area (Å²) < 4.78 is 0. The van der Waals surface area contributed by atoms with Crippen molar-refractivity contribution >= 4 is 17.4 Å². The highest BCUT2D eigenvalue weighted by Gasteiger charge is 2.32. The molecule has 0 atom stereocenters. The summed E-state index contributed by atoms with van der Waals surface area (Å²) in [6.07, 6.45) is 2.03.